The molecule has 0 bridgehead atoms. The molecule has 148 valence electrons. The lowest BCUT2D eigenvalue weighted by Crippen LogP contribution is -2.42. The van der Waals surface area contributed by atoms with Crippen LogP contribution in [-0.2, 0) is 10.5 Å². The Kier molecular flexibility index (Phi) is 7.40. The summed E-state index contributed by atoms with van der Waals surface area (Å²) in [6.07, 6.45) is 3.37. The highest BCUT2D eigenvalue weighted by molar-refractivity contribution is 7.99. The molecule has 1 saturated heterocycles. The number of piperidine rings is 1. The van der Waals surface area contributed by atoms with E-state index in [0.717, 1.165) is 42.0 Å². The molecule has 1 heterocycles. The van der Waals surface area contributed by atoms with Crippen LogP contribution in [0, 0.1) is 0 Å². The Morgan fingerprint density at radius 3 is 2.50 bits per heavy atom. The molecule has 1 N–H and O–H groups in total. The number of carbonyl (C=O) groups is 2. The highest BCUT2D eigenvalue weighted by Crippen LogP contribution is 2.20. The molecule has 1 aliphatic rings. The van der Waals surface area contributed by atoms with E-state index in [1.165, 1.54) is 6.42 Å². The summed E-state index contributed by atoms with van der Waals surface area (Å²) in [5.41, 5.74) is 2.58. The summed E-state index contributed by atoms with van der Waals surface area (Å²) < 4.78 is 0. The van der Waals surface area contributed by atoms with E-state index in [4.69, 9.17) is 11.6 Å². The van der Waals surface area contributed by atoms with E-state index in [9.17, 15) is 9.59 Å². The highest BCUT2D eigenvalue weighted by Gasteiger charge is 2.23. The molecular formula is C22H25ClN2O2S. The maximum Gasteiger partial charge on any atom is 0.254 e. The first-order valence-electron chi connectivity index (χ1n) is 9.56. The molecule has 4 nitrogen and oxygen atoms in total. The summed E-state index contributed by atoms with van der Waals surface area (Å²) in [7, 11) is 0. The van der Waals surface area contributed by atoms with Crippen molar-refractivity contribution < 1.29 is 9.59 Å². The van der Waals surface area contributed by atoms with Gasteiger partial charge in [0.25, 0.3) is 5.91 Å². The van der Waals surface area contributed by atoms with Gasteiger partial charge in [-0.15, -0.1) is 11.8 Å². The standard InChI is InChI=1S/C22H25ClN2O2S/c1-16-4-2-3-13-25(16)22(27)18-7-5-17(6-8-18)14-28-15-21(26)24-20-11-9-19(23)10-12-20/h5-12,16H,2-4,13-15H2,1H3,(H,24,26). The molecule has 2 aromatic carbocycles. The monoisotopic (exact) mass is 416 g/mol. The summed E-state index contributed by atoms with van der Waals surface area (Å²) >= 11 is 7.39. The quantitative estimate of drug-likeness (QED) is 0.701. The molecule has 1 fully saturated rings. The van der Waals surface area contributed by atoms with Crippen LogP contribution in [0.25, 0.3) is 0 Å². The predicted molar refractivity (Wildman–Crippen MR) is 117 cm³/mol. The van der Waals surface area contributed by atoms with Crippen LogP contribution in [0.1, 0.15) is 42.1 Å². The van der Waals surface area contributed by atoms with Gasteiger partial charge in [0.05, 0.1) is 5.75 Å². The number of nitrogens with one attached hydrogen (secondary N) is 1. The van der Waals surface area contributed by atoms with Gasteiger partial charge in [-0.2, -0.15) is 0 Å². The number of hydrogen-bond donors (Lipinski definition) is 1. The Balaban J connectivity index is 1.45. The van der Waals surface area contributed by atoms with Crippen molar-refractivity contribution in [2.45, 2.75) is 38.0 Å². The van der Waals surface area contributed by atoms with Crippen LogP contribution >= 0.6 is 23.4 Å². The molecule has 6 heteroatoms. The first-order valence-corrected chi connectivity index (χ1v) is 11.1. The number of amides is 2. The van der Waals surface area contributed by atoms with Gasteiger partial charge in [-0.1, -0.05) is 23.7 Å². The van der Waals surface area contributed by atoms with Crippen LogP contribution in [0.2, 0.25) is 5.02 Å². The molecule has 1 aliphatic heterocycles. The van der Waals surface area contributed by atoms with Crippen molar-refractivity contribution in [3.05, 3.63) is 64.7 Å². The summed E-state index contributed by atoms with van der Waals surface area (Å²) in [6.45, 7) is 2.97. The zero-order valence-corrected chi connectivity index (χ0v) is 17.6. The molecule has 0 saturated carbocycles. The summed E-state index contributed by atoms with van der Waals surface area (Å²) in [4.78, 5) is 26.7. The minimum atomic E-state index is -0.0433. The number of anilines is 1. The van der Waals surface area contributed by atoms with Gasteiger partial charge in [0.2, 0.25) is 5.91 Å². The third-order valence-corrected chi connectivity index (χ3v) is 6.15. The minimum absolute atomic E-state index is 0.0433. The fraction of sp³-hybridized carbons (Fsp3) is 0.364. The van der Waals surface area contributed by atoms with Gasteiger partial charge in [-0.05, 0) is 68.1 Å². The molecule has 1 unspecified atom stereocenters. The minimum Gasteiger partial charge on any atom is -0.336 e. The SMILES string of the molecule is CC1CCCCN1C(=O)c1ccc(CSCC(=O)Nc2ccc(Cl)cc2)cc1. The summed E-state index contributed by atoms with van der Waals surface area (Å²) in [6, 6.07) is 15.1. The first kappa shape index (κ1) is 20.7. The molecule has 2 aromatic rings. The lowest BCUT2D eigenvalue weighted by Gasteiger charge is -2.33. The molecule has 0 aliphatic carbocycles. The number of nitrogens with zero attached hydrogens (tertiary/aromatic N) is 1. The van der Waals surface area contributed by atoms with Crippen LogP contribution in [0.15, 0.2) is 48.5 Å². The number of benzene rings is 2. The second kappa shape index (κ2) is 9.99. The third kappa shape index (κ3) is 5.76. The maximum atomic E-state index is 12.7. The normalized spacial score (nSPS) is 16.6. The molecule has 0 spiro atoms. The Morgan fingerprint density at radius 1 is 1.11 bits per heavy atom. The topological polar surface area (TPSA) is 49.4 Å². The van der Waals surface area contributed by atoms with Gasteiger partial charge in [0.15, 0.2) is 0 Å². The van der Waals surface area contributed by atoms with Crippen molar-refractivity contribution in [2.75, 3.05) is 17.6 Å². The molecule has 2 amide bonds. The highest BCUT2D eigenvalue weighted by atomic mass is 35.5. The third-order valence-electron chi connectivity index (χ3n) is 4.89. The second-order valence-corrected chi connectivity index (χ2v) is 8.51. The maximum absolute atomic E-state index is 12.7. The Labute approximate surface area is 175 Å². The van der Waals surface area contributed by atoms with Crippen molar-refractivity contribution in [1.82, 2.24) is 4.90 Å². The Bertz CT molecular complexity index is 808. The lowest BCUT2D eigenvalue weighted by atomic mass is 10.0. The van der Waals surface area contributed by atoms with Crippen LogP contribution in [0.4, 0.5) is 5.69 Å². The average molecular weight is 417 g/mol. The van der Waals surface area contributed by atoms with Crippen LogP contribution in [0.5, 0.6) is 0 Å². The fourth-order valence-electron chi connectivity index (χ4n) is 3.30. The second-order valence-electron chi connectivity index (χ2n) is 7.09. The molecule has 0 aromatic heterocycles. The van der Waals surface area contributed by atoms with Crippen LogP contribution in [0.3, 0.4) is 0 Å². The summed E-state index contributed by atoms with van der Waals surface area (Å²) in [5.74, 6) is 1.17. The average Bonchev–Trinajstić information content (AvgIpc) is 2.70. The number of hydrogen-bond acceptors (Lipinski definition) is 3. The predicted octanol–water partition coefficient (Wildman–Crippen LogP) is 5.23. The number of halogens is 1. The molecule has 0 radical (unpaired) electrons. The van der Waals surface area contributed by atoms with Gasteiger partial charge in [-0.25, -0.2) is 0 Å². The molecule has 28 heavy (non-hydrogen) atoms. The zero-order valence-electron chi connectivity index (χ0n) is 16.0. The number of likely N-dealkylation sites (tertiary alicyclic amines) is 1. The number of carbonyl (C=O) groups excluding carboxylic acids is 2. The lowest BCUT2D eigenvalue weighted by molar-refractivity contribution is -0.113. The molecular weight excluding hydrogens is 392 g/mol. The van der Waals surface area contributed by atoms with Crippen molar-refractivity contribution >= 4 is 40.9 Å². The zero-order chi connectivity index (χ0) is 19.9. The van der Waals surface area contributed by atoms with Crippen molar-refractivity contribution in [3.63, 3.8) is 0 Å². The van der Waals surface area contributed by atoms with Gasteiger partial charge in [-0.3, -0.25) is 9.59 Å². The van der Waals surface area contributed by atoms with Crippen LogP contribution < -0.4 is 5.32 Å². The van der Waals surface area contributed by atoms with Crippen molar-refractivity contribution in [1.29, 1.82) is 0 Å². The molecule has 3 rings (SSSR count). The van der Waals surface area contributed by atoms with E-state index >= 15 is 0 Å². The van der Waals surface area contributed by atoms with Gasteiger partial charge in [0.1, 0.15) is 0 Å². The summed E-state index contributed by atoms with van der Waals surface area (Å²) in [5, 5.41) is 3.49. The van der Waals surface area contributed by atoms with E-state index in [1.54, 1.807) is 36.0 Å². The number of thioether (sulfide) groups is 1. The fourth-order valence-corrected chi connectivity index (χ4v) is 4.21. The van der Waals surface area contributed by atoms with Gasteiger partial charge >= 0.3 is 0 Å². The Hall–Kier alpha value is -1.98. The first-order chi connectivity index (χ1) is 13.5. The molecule has 1 atom stereocenters. The number of rotatable bonds is 6. The van der Waals surface area contributed by atoms with Gasteiger partial charge in [0, 0.05) is 34.6 Å². The van der Waals surface area contributed by atoms with Crippen molar-refractivity contribution in [3.8, 4) is 0 Å². The van der Waals surface area contributed by atoms with Crippen molar-refractivity contribution in [2.24, 2.45) is 0 Å². The van der Waals surface area contributed by atoms with E-state index in [1.807, 2.05) is 29.2 Å². The smallest absolute Gasteiger partial charge is 0.254 e. The van der Waals surface area contributed by atoms with Gasteiger partial charge < -0.3 is 10.2 Å². The largest absolute Gasteiger partial charge is 0.336 e. The van der Waals surface area contributed by atoms with E-state index in [-0.39, 0.29) is 11.8 Å². The Morgan fingerprint density at radius 2 is 1.82 bits per heavy atom. The van der Waals surface area contributed by atoms with E-state index in [2.05, 4.69) is 12.2 Å². The van der Waals surface area contributed by atoms with Crippen LogP contribution in [-0.4, -0.2) is 35.1 Å². The van der Waals surface area contributed by atoms with E-state index in [0.29, 0.717) is 16.8 Å². The van der Waals surface area contributed by atoms with E-state index < -0.39 is 0 Å².